The second kappa shape index (κ2) is 6.41. The minimum Gasteiger partial charge on any atom is -0.314 e. The zero-order chi connectivity index (χ0) is 14.7. The molecule has 2 aromatic rings. The average Bonchev–Trinajstić information content (AvgIpc) is 2.97. The number of benzene rings is 1. The summed E-state index contributed by atoms with van der Waals surface area (Å²) < 4.78 is 2.13. The molecule has 1 aliphatic rings. The van der Waals surface area contributed by atoms with Gasteiger partial charge in [-0.15, -0.1) is 0 Å². The van der Waals surface area contributed by atoms with Gasteiger partial charge in [-0.3, -0.25) is 9.58 Å². The molecule has 3 rings (SSSR count). The summed E-state index contributed by atoms with van der Waals surface area (Å²) in [5, 5.41) is 7.97. The van der Waals surface area contributed by atoms with Crippen LogP contribution in [0.2, 0.25) is 0 Å². The zero-order valence-corrected chi connectivity index (χ0v) is 12.9. The van der Waals surface area contributed by atoms with Gasteiger partial charge in [0.15, 0.2) is 0 Å². The van der Waals surface area contributed by atoms with Crippen molar-refractivity contribution in [3.8, 4) is 0 Å². The molecule has 1 aromatic carbocycles. The van der Waals surface area contributed by atoms with Crippen LogP contribution in [0, 0.1) is 0 Å². The van der Waals surface area contributed by atoms with Gasteiger partial charge in [-0.2, -0.15) is 5.10 Å². The number of aromatic nitrogens is 2. The number of hydrogen-bond acceptors (Lipinski definition) is 3. The van der Waals surface area contributed by atoms with Crippen LogP contribution in [0.5, 0.6) is 0 Å². The summed E-state index contributed by atoms with van der Waals surface area (Å²) >= 11 is 0. The molecular formula is C17H24N4. The minimum atomic E-state index is 0.410. The first-order valence-electron chi connectivity index (χ1n) is 7.78. The topological polar surface area (TPSA) is 33.1 Å². The quantitative estimate of drug-likeness (QED) is 0.937. The third-order valence-corrected chi connectivity index (χ3v) is 4.15. The Morgan fingerprint density at radius 3 is 2.81 bits per heavy atom. The molecule has 1 N–H and O–H groups in total. The molecule has 0 amide bonds. The van der Waals surface area contributed by atoms with Crippen LogP contribution in [0.3, 0.4) is 0 Å². The summed E-state index contributed by atoms with van der Waals surface area (Å²) in [5.41, 5.74) is 2.69. The van der Waals surface area contributed by atoms with Crippen LogP contribution >= 0.6 is 0 Å². The van der Waals surface area contributed by atoms with Crippen molar-refractivity contribution in [3.05, 3.63) is 53.9 Å². The Labute approximate surface area is 126 Å². The van der Waals surface area contributed by atoms with E-state index >= 15 is 0 Å². The van der Waals surface area contributed by atoms with Crippen molar-refractivity contribution in [3.63, 3.8) is 0 Å². The van der Waals surface area contributed by atoms with E-state index in [1.165, 1.54) is 11.3 Å². The van der Waals surface area contributed by atoms with Crippen molar-refractivity contribution in [2.75, 3.05) is 19.6 Å². The molecule has 0 aliphatic carbocycles. The first kappa shape index (κ1) is 14.3. The molecule has 1 aliphatic heterocycles. The van der Waals surface area contributed by atoms with Crippen LogP contribution in [-0.4, -0.2) is 34.3 Å². The first-order chi connectivity index (χ1) is 10.3. The molecule has 1 unspecified atom stereocenters. The number of rotatable bonds is 4. The van der Waals surface area contributed by atoms with Crippen LogP contribution < -0.4 is 5.32 Å². The molecule has 4 nitrogen and oxygen atoms in total. The lowest BCUT2D eigenvalue weighted by Gasteiger charge is -2.36. The maximum absolute atomic E-state index is 4.45. The highest BCUT2D eigenvalue weighted by Gasteiger charge is 2.24. The third kappa shape index (κ3) is 3.17. The van der Waals surface area contributed by atoms with E-state index in [4.69, 9.17) is 0 Å². The number of hydrogen-bond donors (Lipinski definition) is 1. The maximum atomic E-state index is 4.45. The monoisotopic (exact) mass is 284 g/mol. The van der Waals surface area contributed by atoms with E-state index in [2.05, 4.69) is 70.2 Å². The Hall–Kier alpha value is -1.65. The van der Waals surface area contributed by atoms with Gasteiger partial charge in [0.05, 0.1) is 5.69 Å². The molecule has 0 spiro atoms. The Morgan fingerprint density at radius 2 is 2.05 bits per heavy atom. The summed E-state index contributed by atoms with van der Waals surface area (Å²) in [7, 11) is 0. The number of piperazine rings is 1. The molecule has 0 radical (unpaired) electrons. The molecule has 2 heterocycles. The molecule has 1 atom stereocenters. The van der Waals surface area contributed by atoms with Gasteiger partial charge in [0, 0.05) is 44.5 Å². The predicted molar refractivity (Wildman–Crippen MR) is 85.1 cm³/mol. The summed E-state index contributed by atoms with van der Waals surface area (Å²) in [4.78, 5) is 2.56. The molecule has 1 saturated heterocycles. The van der Waals surface area contributed by atoms with E-state index < -0.39 is 0 Å². The average molecular weight is 284 g/mol. The largest absolute Gasteiger partial charge is 0.314 e. The Bertz CT molecular complexity index is 561. The van der Waals surface area contributed by atoms with Gasteiger partial charge >= 0.3 is 0 Å². The molecule has 0 bridgehead atoms. The first-order valence-corrected chi connectivity index (χ1v) is 7.78. The van der Waals surface area contributed by atoms with E-state index in [-0.39, 0.29) is 0 Å². The van der Waals surface area contributed by atoms with Crippen LogP contribution in [-0.2, 0) is 6.54 Å². The van der Waals surface area contributed by atoms with Gasteiger partial charge < -0.3 is 5.32 Å². The summed E-state index contributed by atoms with van der Waals surface area (Å²) in [6.45, 7) is 8.47. The summed E-state index contributed by atoms with van der Waals surface area (Å²) in [6.07, 6.45) is 1.91. The Morgan fingerprint density at radius 1 is 1.24 bits per heavy atom. The summed E-state index contributed by atoms with van der Waals surface area (Å²) in [5.74, 6) is 0. The van der Waals surface area contributed by atoms with Gasteiger partial charge in [-0.25, -0.2) is 0 Å². The number of nitrogens with one attached hydrogen (secondary N) is 1. The van der Waals surface area contributed by atoms with Crippen molar-refractivity contribution in [1.82, 2.24) is 20.0 Å². The molecular weight excluding hydrogens is 260 g/mol. The second-order valence-electron chi connectivity index (χ2n) is 5.96. The SMILES string of the molecule is CC(C)n1nccc1CN1CCNCC1c1ccccc1. The van der Waals surface area contributed by atoms with Crippen molar-refractivity contribution < 1.29 is 0 Å². The highest BCUT2D eigenvalue weighted by molar-refractivity contribution is 5.20. The van der Waals surface area contributed by atoms with Gasteiger partial charge in [-0.1, -0.05) is 30.3 Å². The Balaban J connectivity index is 1.80. The van der Waals surface area contributed by atoms with Gasteiger partial charge in [0.1, 0.15) is 0 Å². The van der Waals surface area contributed by atoms with Crippen molar-refractivity contribution in [1.29, 1.82) is 0 Å². The van der Waals surface area contributed by atoms with Crippen molar-refractivity contribution >= 4 is 0 Å². The van der Waals surface area contributed by atoms with E-state index in [1.807, 2.05) is 6.20 Å². The molecule has 21 heavy (non-hydrogen) atoms. The van der Waals surface area contributed by atoms with Gasteiger partial charge in [0.2, 0.25) is 0 Å². The van der Waals surface area contributed by atoms with Crippen molar-refractivity contribution in [2.45, 2.75) is 32.5 Å². The van der Waals surface area contributed by atoms with E-state index in [0.29, 0.717) is 12.1 Å². The fourth-order valence-electron chi connectivity index (χ4n) is 3.08. The molecule has 1 fully saturated rings. The van der Waals surface area contributed by atoms with Crippen LogP contribution in [0.15, 0.2) is 42.6 Å². The van der Waals surface area contributed by atoms with Crippen LogP contribution in [0.25, 0.3) is 0 Å². The van der Waals surface area contributed by atoms with Gasteiger partial charge in [-0.05, 0) is 25.5 Å². The fraction of sp³-hybridized carbons (Fsp3) is 0.471. The molecule has 1 aromatic heterocycles. The molecule has 112 valence electrons. The van der Waals surface area contributed by atoms with E-state index in [9.17, 15) is 0 Å². The Kier molecular flexibility index (Phi) is 4.36. The van der Waals surface area contributed by atoms with Gasteiger partial charge in [0.25, 0.3) is 0 Å². The highest BCUT2D eigenvalue weighted by atomic mass is 15.3. The fourth-order valence-corrected chi connectivity index (χ4v) is 3.08. The predicted octanol–water partition coefficient (Wildman–Crippen LogP) is 2.61. The van der Waals surface area contributed by atoms with E-state index in [1.54, 1.807) is 0 Å². The van der Waals surface area contributed by atoms with Crippen LogP contribution in [0.4, 0.5) is 0 Å². The van der Waals surface area contributed by atoms with Crippen molar-refractivity contribution in [2.24, 2.45) is 0 Å². The minimum absolute atomic E-state index is 0.410. The van der Waals surface area contributed by atoms with E-state index in [0.717, 1.165) is 26.2 Å². The normalized spacial score (nSPS) is 20.0. The third-order valence-electron chi connectivity index (χ3n) is 4.15. The standard InChI is InChI=1S/C17H24N4/c1-14(2)21-16(8-9-19-21)13-20-11-10-18-12-17(20)15-6-4-3-5-7-15/h3-9,14,17-18H,10-13H2,1-2H3. The highest BCUT2D eigenvalue weighted by Crippen LogP contribution is 2.24. The second-order valence-corrected chi connectivity index (χ2v) is 5.96. The molecule has 0 saturated carbocycles. The summed E-state index contributed by atoms with van der Waals surface area (Å²) in [6, 6.07) is 13.8. The van der Waals surface area contributed by atoms with Crippen LogP contribution in [0.1, 0.15) is 37.2 Å². The number of nitrogens with zero attached hydrogens (tertiary/aromatic N) is 3. The lowest BCUT2D eigenvalue weighted by molar-refractivity contribution is 0.148. The maximum Gasteiger partial charge on any atom is 0.0527 e. The molecule has 4 heteroatoms. The zero-order valence-electron chi connectivity index (χ0n) is 12.9. The lowest BCUT2D eigenvalue weighted by Crippen LogP contribution is -2.45. The smallest absolute Gasteiger partial charge is 0.0527 e. The lowest BCUT2D eigenvalue weighted by atomic mass is 10.0.